The second-order valence-corrected chi connectivity index (χ2v) is 5.83. The summed E-state index contributed by atoms with van der Waals surface area (Å²) in [7, 11) is 0. The molecule has 132 valence electrons. The third kappa shape index (κ3) is 3.59. The van der Waals surface area contributed by atoms with E-state index in [0.717, 1.165) is 5.69 Å². The molecule has 0 saturated carbocycles. The zero-order valence-electron chi connectivity index (χ0n) is 14.3. The Morgan fingerprint density at radius 2 is 1.96 bits per heavy atom. The summed E-state index contributed by atoms with van der Waals surface area (Å²) in [5.74, 6) is -0.224. The van der Waals surface area contributed by atoms with Crippen LogP contribution in [0.1, 0.15) is 35.9 Å². The van der Waals surface area contributed by atoms with E-state index in [9.17, 15) is 14.9 Å². The number of Topliss-reactive ketones (excluding diaryl/α,β-unsaturated/α-hetero) is 1. The summed E-state index contributed by atoms with van der Waals surface area (Å²) >= 11 is 0. The molecule has 2 aromatic carbocycles. The first kappa shape index (κ1) is 17.3. The van der Waals surface area contributed by atoms with E-state index in [1.54, 1.807) is 16.9 Å². The molecular weight excluding hydrogens is 334 g/mol. The van der Waals surface area contributed by atoms with Crippen molar-refractivity contribution >= 4 is 17.2 Å². The highest BCUT2D eigenvalue weighted by molar-refractivity contribution is 5.95. The van der Waals surface area contributed by atoms with Crippen LogP contribution in [0, 0.1) is 10.1 Å². The van der Waals surface area contributed by atoms with Gasteiger partial charge in [0.1, 0.15) is 11.4 Å². The molecule has 8 nitrogen and oxygen atoms in total. The van der Waals surface area contributed by atoms with Gasteiger partial charge in [0.15, 0.2) is 5.78 Å². The van der Waals surface area contributed by atoms with Crippen molar-refractivity contribution in [1.82, 2.24) is 15.0 Å². The summed E-state index contributed by atoms with van der Waals surface area (Å²) in [5, 5.41) is 22.6. The molecule has 3 aromatic rings. The van der Waals surface area contributed by atoms with E-state index in [-0.39, 0.29) is 17.5 Å². The Bertz CT molecular complexity index is 952. The molecule has 0 bridgehead atoms. The Morgan fingerprint density at radius 1 is 1.23 bits per heavy atom. The van der Waals surface area contributed by atoms with Crippen molar-refractivity contribution in [3.63, 3.8) is 0 Å². The largest absolute Gasteiger partial charge is 0.371 e. The summed E-state index contributed by atoms with van der Waals surface area (Å²) in [5.41, 5.74) is 1.97. The van der Waals surface area contributed by atoms with E-state index >= 15 is 0 Å². The number of rotatable bonds is 6. The van der Waals surface area contributed by atoms with E-state index in [0.29, 0.717) is 16.9 Å². The summed E-state index contributed by atoms with van der Waals surface area (Å²) in [6.07, 6.45) is 1.77. The van der Waals surface area contributed by atoms with Crippen LogP contribution < -0.4 is 5.32 Å². The van der Waals surface area contributed by atoms with Crippen LogP contribution in [-0.4, -0.2) is 25.7 Å². The minimum atomic E-state index is -0.512. The molecule has 0 aliphatic carbocycles. The maximum Gasteiger partial charge on any atom is 0.293 e. The van der Waals surface area contributed by atoms with Crippen molar-refractivity contribution in [2.45, 2.75) is 19.9 Å². The van der Waals surface area contributed by atoms with Crippen molar-refractivity contribution in [1.29, 1.82) is 0 Å². The third-order valence-corrected chi connectivity index (χ3v) is 3.95. The first-order valence-electron chi connectivity index (χ1n) is 7.99. The zero-order chi connectivity index (χ0) is 18.7. The maximum absolute atomic E-state index is 11.4. The maximum atomic E-state index is 11.4. The number of nitrogens with zero attached hydrogens (tertiary/aromatic N) is 4. The molecule has 1 heterocycles. The van der Waals surface area contributed by atoms with E-state index < -0.39 is 4.92 Å². The quantitative estimate of drug-likeness (QED) is 0.414. The second-order valence-electron chi connectivity index (χ2n) is 5.83. The van der Waals surface area contributed by atoms with Crippen LogP contribution in [0.5, 0.6) is 0 Å². The molecule has 26 heavy (non-hydrogen) atoms. The Kier molecular flexibility index (Phi) is 4.74. The molecule has 0 spiro atoms. The number of aromatic nitrogens is 3. The average molecular weight is 351 g/mol. The van der Waals surface area contributed by atoms with Crippen molar-refractivity contribution in [3.05, 3.63) is 76.1 Å². The fraction of sp³-hybridized carbons (Fsp3) is 0.167. The molecule has 1 aromatic heterocycles. The topological polar surface area (TPSA) is 103 Å². The lowest BCUT2D eigenvalue weighted by molar-refractivity contribution is -0.384. The van der Waals surface area contributed by atoms with Gasteiger partial charge in [-0.3, -0.25) is 14.9 Å². The van der Waals surface area contributed by atoms with Gasteiger partial charge < -0.3 is 5.32 Å². The molecule has 0 radical (unpaired) electrons. The molecule has 0 aliphatic heterocycles. The summed E-state index contributed by atoms with van der Waals surface area (Å²) in [6.45, 7) is 3.21. The fourth-order valence-electron chi connectivity index (χ4n) is 2.51. The van der Waals surface area contributed by atoms with Crippen LogP contribution in [0.3, 0.4) is 0 Å². The number of nitro benzene ring substituents is 1. The van der Waals surface area contributed by atoms with Crippen molar-refractivity contribution in [2.75, 3.05) is 5.32 Å². The highest BCUT2D eigenvalue weighted by Crippen LogP contribution is 2.29. The number of para-hydroxylation sites is 1. The van der Waals surface area contributed by atoms with Crippen molar-refractivity contribution in [3.8, 4) is 5.69 Å². The minimum absolute atomic E-state index is 0.153. The van der Waals surface area contributed by atoms with Crippen molar-refractivity contribution in [2.24, 2.45) is 0 Å². The predicted octanol–water partition coefficient (Wildman–Crippen LogP) is 3.55. The van der Waals surface area contributed by atoms with Gasteiger partial charge in [-0.15, -0.1) is 5.10 Å². The molecule has 1 atom stereocenters. The van der Waals surface area contributed by atoms with Crippen LogP contribution >= 0.6 is 0 Å². The average Bonchev–Trinajstić information content (AvgIpc) is 3.12. The summed E-state index contributed by atoms with van der Waals surface area (Å²) in [6, 6.07) is 13.6. The standard InChI is InChI=1S/C18H17N5O3/c1-12(17-11-22(21-20-17)15-6-4-3-5-7-15)19-16-9-8-14(13(2)24)10-18(16)23(25)26/h3-12,19H,1-2H3. The van der Waals surface area contributed by atoms with Gasteiger partial charge >= 0.3 is 0 Å². The number of carbonyl (C=O) groups excluding carboxylic acids is 1. The number of anilines is 1. The number of ketones is 1. The van der Waals surface area contributed by atoms with Crippen LogP contribution in [0.25, 0.3) is 5.69 Å². The van der Waals surface area contributed by atoms with Gasteiger partial charge in [0.25, 0.3) is 5.69 Å². The number of benzene rings is 2. The molecule has 1 unspecified atom stereocenters. The Morgan fingerprint density at radius 3 is 2.62 bits per heavy atom. The lowest BCUT2D eigenvalue weighted by Crippen LogP contribution is -2.09. The number of nitro groups is 1. The van der Waals surface area contributed by atoms with Gasteiger partial charge in [-0.2, -0.15) is 0 Å². The van der Waals surface area contributed by atoms with Gasteiger partial charge in [-0.25, -0.2) is 4.68 Å². The van der Waals surface area contributed by atoms with Gasteiger partial charge in [0.05, 0.1) is 22.8 Å². The first-order valence-corrected chi connectivity index (χ1v) is 7.99. The molecule has 1 N–H and O–H groups in total. The van der Waals surface area contributed by atoms with Gasteiger partial charge in [0.2, 0.25) is 0 Å². The summed E-state index contributed by atoms with van der Waals surface area (Å²) < 4.78 is 1.64. The molecular formula is C18H17N5O3. The van der Waals surface area contributed by atoms with Gasteiger partial charge in [0, 0.05) is 11.6 Å². The fourth-order valence-corrected chi connectivity index (χ4v) is 2.51. The zero-order valence-corrected chi connectivity index (χ0v) is 14.3. The minimum Gasteiger partial charge on any atom is -0.371 e. The Balaban J connectivity index is 1.84. The highest BCUT2D eigenvalue weighted by atomic mass is 16.6. The molecule has 0 fully saturated rings. The lowest BCUT2D eigenvalue weighted by Gasteiger charge is -2.13. The summed E-state index contributed by atoms with van der Waals surface area (Å²) in [4.78, 5) is 22.3. The number of carbonyl (C=O) groups is 1. The van der Waals surface area contributed by atoms with E-state index in [1.165, 1.54) is 19.1 Å². The molecule has 8 heteroatoms. The number of nitrogens with one attached hydrogen (secondary N) is 1. The van der Waals surface area contributed by atoms with Crippen molar-refractivity contribution < 1.29 is 9.72 Å². The Labute approximate surface area is 149 Å². The van der Waals surface area contributed by atoms with E-state index in [1.807, 2.05) is 37.3 Å². The third-order valence-electron chi connectivity index (χ3n) is 3.95. The molecule has 0 amide bonds. The normalized spacial score (nSPS) is 11.8. The van der Waals surface area contributed by atoms with E-state index in [4.69, 9.17) is 0 Å². The Hall–Kier alpha value is -3.55. The molecule has 0 saturated heterocycles. The highest BCUT2D eigenvalue weighted by Gasteiger charge is 2.19. The predicted molar refractivity (Wildman–Crippen MR) is 96.5 cm³/mol. The smallest absolute Gasteiger partial charge is 0.293 e. The number of hydrogen-bond acceptors (Lipinski definition) is 6. The van der Waals surface area contributed by atoms with Gasteiger partial charge in [-0.1, -0.05) is 23.4 Å². The first-order chi connectivity index (χ1) is 12.5. The van der Waals surface area contributed by atoms with Crippen LogP contribution in [0.15, 0.2) is 54.7 Å². The van der Waals surface area contributed by atoms with Crippen LogP contribution in [-0.2, 0) is 0 Å². The number of hydrogen-bond donors (Lipinski definition) is 1. The SMILES string of the molecule is CC(=O)c1ccc(NC(C)c2cn(-c3ccccc3)nn2)c([N+](=O)[O-])c1. The van der Waals surface area contributed by atoms with Crippen LogP contribution in [0.2, 0.25) is 0 Å². The lowest BCUT2D eigenvalue weighted by atomic mass is 10.1. The van der Waals surface area contributed by atoms with Gasteiger partial charge in [-0.05, 0) is 38.1 Å². The van der Waals surface area contributed by atoms with E-state index in [2.05, 4.69) is 15.6 Å². The molecule has 3 rings (SSSR count). The van der Waals surface area contributed by atoms with Crippen LogP contribution in [0.4, 0.5) is 11.4 Å². The molecule has 0 aliphatic rings. The second kappa shape index (κ2) is 7.14. The monoisotopic (exact) mass is 351 g/mol.